The van der Waals surface area contributed by atoms with Crippen LogP contribution >= 0.6 is 74.4 Å². The summed E-state index contributed by atoms with van der Waals surface area (Å²) < 4.78 is 0. The zero-order valence-electron chi connectivity index (χ0n) is 58.0. The van der Waals surface area contributed by atoms with Crippen LogP contribution in [-0.4, -0.2) is 69.5 Å². The first-order valence-electron chi connectivity index (χ1n) is 35.4. The molecular formula is C77H106Cl8N4O4Ti4. The van der Waals surface area contributed by atoms with E-state index in [1.54, 1.807) is 0 Å². The van der Waals surface area contributed by atoms with Gasteiger partial charge in [0.25, 0.3) is 0 Å². The van der Waals surface area contributed by atoms with E-state index >= 15 is 0 Å². The van der Waals surface area contributed by atoms with Gasteiger partial charge in [-0.1, -0.05) is 177 Å². The summed E-state index contributed by atoms with van der Waals surface area (Å²) in [6.45, 7) is 10.3. The summed E-state index contributed by atoms with van der Waals surface area (Å²) in [6.07, 6.45) is 48.4. The summed E-state index contributed by atoms with van der Waals surface area (Å²) in [7, 11) is 39.1. The summed E-state index contributed by atoms with van der Waals surface area (Å²) >= 11 is -2.22. The van der Waals surface area contributed by atoms with E-state index in [-0.39, 0.29) is 0 Å². The average molecular weight is 1630 g/mol. The second-order valence-corrected chi connectivity index (χ2v) is 37.0. The van der Waals surface area contributed by atoms with Gasteiger partial charge in [0, 0.05) is 76.8 Å². The van der Waals surface area contributed by atoms with Crippen molar-refractivity contribution in [2.24, 2.45) is 20.0 Å². The molecular weight excluding hydrogens is 1520 g/mol. The summed E-state index contributed by atoms with van der Waals surface area (Å²) in [6, 6.07) is 28.4. The van der Waals surface area contributed by atoms with Crippen LogP contribution in [0.1, 0.15) is 279 Å². The van der Waals surface area contributed by atoms with Gasteiger partial charge < -0.3 is 20.4 Å². The topological polar surface area (TPSA) is 130 Å². The van der Waals surface area contributed by atoms with Gasteiger partial charge in [-0.25, -0.2) is 0 Å². The maximum absolute atomic E-state index is 10.9. The summed E-state index contributed by atoms with van der Waals surface area (Å²) in [5, 5.41) is 42.1. The molecule has 0 radical (unpaired) electrons. The van der Waals surface area contributed by atoms with E-state index in [4.69, 9.17) is 89.4 Å². The molecule has 4 N–H and O–H groups in total. The van der Waals surface area contributed by atoms with Gasteiger partial charge in [0.05, 0.1) is 0 Å². The van der Waals surface area contributed by atoms with E-state index < -0.39 is 68.1 Å². The second kappa shape index (κ2) is 53.9. The van der Waals surface area contributed by atoms with Crippen LogP contribution in [0.3, 0.4) is 0 Å². The molecule has 0 aromatic heterocycles. The predicted octanol–water partition coefficient (Wildman–Crippen LogP) is 26.2. The molecule has 0 aliphatic heterocycles. The molecule has 20 heteroatoms. The monoisotopic (exact) mass is 1620 g/mol. The van der Waals surface area contributed by atoms with Crippen molar-refractivity contribution in [3.05, 3.63) is 140 Å². The Balaban J connectivity index is 0.000000261. The number of phenols is 4. The number of hydrogen-bond acceptors (Lipinski definition) is 8. The van der Waals surface area contributed by atoms with Crippen LogP contribution in [0.15, 0.2) is 98.8 Å². The first kappa shape index (κ1) is 88.6. The van der Waals surface area contributed by atoms with Crippen molar-refractivity contribution in [3.63, 3.8) is 0 Å². The molecule has 530 valence electrons. The first-order chi connectivity index (χ1) is 47.0. The Morgan fingerprint density at radius 3 is 0.876 bits per heavy atom. The Labute approximate surface area is 650 Å². The van der Waals surface area contributed by atoms with Crippen molar-refractivity contribution in [3.8, 4) is 34.1 Å². The van der Waals surface area contributed by atoms with E-state index in [9.17, 15) is 20.4 Å². The first-order valence-corrected chi connectivity index (χ1v) is 52.6. The van der Waals surface area contributed by atoms with Gasteiger partial charge in [-0.3, -0.25) is 20.0 Å². The fourth-order valence-electron chi connectivity index (χ4n) is 14.2. The van der Waals surface area contributed by atoms with Crippen LogP contribution in [-0.2, 0) is 68.1 Å². The van der Waals surface area contributed by atoms with Crippen molar-refractivity contribution in [2.45, 2.75) is 276 Å². The molecule has 5 aromatic carbocycles. The summed E-state index contributed by atoms with van der Waals surface area (Å²) in [5.74, 6) is 2.73. The van der Waals surface area contributed by atoms with Crippen LogP contribution in [0.5, 0.6) is 23.0 Å². The van der Waals surface area contributed by atoms with Crippen LogP contribution in [0, 0.1) is 34.6 Å². The normalized spacial score (nSPS) is 17.6. The fraction of sp³-hybridized carbons (Fsp3) is 0.558. The number of phenolic OH excluding ortho intramolecular Hbond substituents is 4. The molecule has 0 saturated heterocycles. The fourth-order valence-corrected chi connectivity index (χ4v) is 14.2. The molecule has 0 bridgehead atoms. The third-order valence-corrected chi connectivity index (χ3v) is 19.1. The number of aliphatic imine (C=N–C) groups is 4. The van der Waals surface area contributed by atoms with Gasteiger partial charge in [-0.15, -0.1) is 0 Å². The summed E-state index contributed by atoms with van der Waals surface area (Å²) in [4.78, 5) is 18.9. The van der Waals surface area contributed by atoms with Crippen molar-refractivity contribution in [1.82, 2.24) is 0 Å². The van der Waals surface area contributed by atoms with E-state index in [0.717, 1.165) is 50.1 Å². The number of halogens is 8. The van der Waals surface area contributed by atoms with Crippen molar-refractivity contribution < 1.29 is 88.6 Å². The number of hydrogen-bond donors (Lipinski definition) is 4. The molecule has 6 aliphatic rings. The van der Waals surface area contributed by atoms with Crippen LogP contribution in [0.2, 0.25) is 0 Å². The molecule has 0 heterocycles. The van der Waals surface area contributed by atoms with Crippen molar-refractivity contribution in [1.29, 1.82) is 0 Å². The second-order valence-electron chi connectivity index (χ2n) is 26.7. The van der Waals surface area contributed by atoms with Crippen LogP contribution in [0.25, 0.3) is 11.1 Å². The Morgan fingerprint density at radius 1 is 0.309 bits per heavy atom. The van der Waals surface area contributed by atoms with Gasteiger partial charge in [0.15, 0.2) is 0 Å². The Kier molecular flexibility index (Phi) is 49.2. The Morgan fingerprint density at radius 2 is 0.557 bits per heavy atom. The van der Waals surface area contributed by atoms with Gasteiger partial charge in [-0.2, -0.15) is 0 Å². The van der Waals surface area contributed by atoms with Crippen LogP contribution in [0.4, 0.5) is 0 Å². The molecule has 8 nitrogen and oxygen atoms in total. The van der Waals surface area contributed by atoms with Crippen LogP contribution < -0.4 is 0 Å². The Hall–Kier alpha value is -0.843. The minimum atomic E-state index is -0.556. The minimum absolute atomic E-state index is 0.330. The molecule has 0 spiro atoms. The molecule has 6 saturated carbocycles. The molecule has 0 atom stereocenters. The van der Waals surface area contributed by atoms with Gasteiger partial charge >= 0.3 is 143 Å². The molecule has 97 heavy (non-hydrogen) atoms. The molecule has 11 rings (SSSR count). The number of aromatic hydroxyl groups is 4. The maximum atomic E-state index is 10.9. The number of aryl methyl sites for hydroxylation is 5. The third kappa shape index (κ3) is 35.2. The molecule has 6 fully saturated rings. The van der Waals surface area contributed by atoms with E-state index in [2.05, 4.69) is 50.0 Å². The SMILES string of the molecule is Cc1cc(C)c(O)c(C=NC2CCCCC2)c1.Cc1cc(C=NC2CCCCC2)c(O)c(-c2ccccc2)c1.Cc1cc(C=NC2CCCCC2)c(O)c(C2CCCCC2)c1.Cc1cc(C=NC2CCCCC2)c(O)c(C2CCCCCCC2)c1.[Cl][Ti][Cl].[Cl][Ti][Cl].[Cl][Ti][Cl].[Cl][Ti][Cl]. The molecule has 6 aliphatic carbocycles. The quantitative estimate of drug-likeness (QED) is 0.0775. The third-order valence-electron chi connectivity index (χ3n) is 19.1. The number of nitrogens with zero attached hydrogens (tertiary/aromatic N) is 4. The standard InChI is InChI=1S/C22H33NO.C20H29NO.C20H23NO.C15H21NO.8ClH.4Ti/c1-17-14-19(16-23-20-12-8-5-9-13-20)22(24)21(15-17)18-10-6-3-2-4-7-11-18;2*1-15-12-17(14-21-18-10-6-3-7-11-18)20(22)19(13-15)16-8-4-2-5-9-16;1-11-8-12(2)15(17)13(9-11)10-16-14-6-4-3-5-7-14;;;;;;;;;;;;/h14-16,18,20,24H,2-13H2,1H3;12-14,16,18,22H,2-11H2,1H3;2,4-5,8-9,12-14,18,22H,3,6-7,10-11H2,1H3;8-10,14,17H,3-7H2,1-2H3;8*1H;;;;/q;;;;;;;;;;;;4*+2/p-8. The average Bonchev–Trinajstić information content (AvgIpc) is 0.869. The Bertz CT molecular complexity index is 3070. The predicted molar refractivity (Wildman–Crippen MR) is 407 cm³/mol. The van der Waals surface area contributed by atoms with Crippen molar-refractivity contribution in [2.75, 3.05) is 0 Å². The molecule has 0 amide bonds. The zero-order chi connectivity index (χ0) is 70.6. The number of rotatable bonds is 11. The van der Waals surface area contributed by atoms with Gasteiger partial charge in [-0.05, 0) is 198 Å². The molecule has 5 aromatic rings. The number of benzene rings is 5. The van der Waals surface area contributed by atoms with Gasteiger partial charge in [0.2, 0.25) is 0 Å². The van der Waals surface area contributed by atoms with E-state index in [0.29, 0.717) is 59.0 Å². The summed E-state index contributed by atoms with van der Waals surface area (Å²) in [5.41, 5.74) is 13.5. The van der Waals surface area contributed by atoms with E-state index in [1.165, 1.54) is 228 Å². The van der Waals surface area contributed by atoms with Crippen molar-refractivity contribution >= 4 is 99.3 Å². The van der Waals surface area contributed by atoms with E-state index in [1.807, 2.05) is 93.3 Å². The van der Waals surface area contributed by atoms with Gasteiger partial charge in [0.1, 0.15) is 23.0 Å². The zero-order valence-corrected chi connectivity index (χ0v) is 70.3. The molecule has 0 unspecified atom stereocenters.